The van der Waals surface area contributed by atoms with Gasteiger partial charge in [0.25, 0.3) is 0 Å². The summed E-state index contributed by atoms with van der Waals surface area (Å²) < 4.78 is 0.907. The fourth-order valence-corrected chi connectivity index (χ4v) is 2.09. The average Bonchev–Trinajstić information content (AvgIpc) is 2.92. The Morgan fingerprint density at radius 3 is 2.87 bits per heavy atom. The number of carboxylic acid groups (broad SMARTS) is 1. The van der Waals surface area contributed by atoms with Gasteiger partial charge >= 0.3 is 5.97 Å². The van der Waals surface area contributed by atoms with E-state index in [-0.39, 0.29) is 0 Å². The Kier molecular flexibility index (Phi) is 2.54. The molecule has 1 heterocycles. The van der Waals surface area contributed by atoms with Gasteiger partial charge in [0.15, 0.2) is 0 Å². The number of carbonyl (C=O) groups is 1. The second kappa shape index (κ2) is 3.59. The van der Waals surface area contributed by atoms with Gasteiger partial charge in [-0.2, -0.15) is 0 Å². The maximum absolute atomic E-state index is 11.1. The minimum atomic E-state index is -0.679. The number of halogens is 1. The molecule has 1 aliphatic carbocycles. The summed E-state index contributed by atoms with van der Waals surface area (Å²) in [5.74, 6) is -0.679. The number of hydrogen-bond donors (Lipinski definition) is 1. The Bertz CT molecular complexity index is 413. The van der Waals surface area contributed by atoms with Crippen molar-refractivity contribution in [3.05, 3.63) is 28.0 Å². The number of nitrogens with zero attached hydrogens (tertiary/aromatic N) is 1. The first-order chi connectivity index (χ1) is 7.03. The van der Waals surface area contributed by atoms with Crippen LogP contribution in [0.1, 0.15) is 24.1 Å². The van der Waals surface area contributed by atoms with E-state index in [9.17, 15) is 4.79 Å². The number of hydrogen-bond acceptors (Lipinski definition) is 2. The lowest BCUT2D eigenvalue weighted by atomic mass is 9.96. The third-order valence-corrected chi connectivity index (χ3v) is 3.43. The maximum Gasteiger partial charge on any atom is 0.309 e. The van der Waals surface area contributed by atoms with Crippen molar-refractivity contribution in [1.29, 1.82) is 0 Å². The number of rotatable bonds is 3. The number of aliphatic carboxylic acids is 1. The molecule has 1 aliphatic rings. The Hall–Kier alpha value is -0.900. The lowest BCUT2D eigenvalue weighted by molar-refractivity contribution is -0.143. The first-order valence-corrected chi connectivity index (χ1v) is 5.67. The van der Waals surface area contributed by atoms with Gasteiger partial charge in [0.05, 0.1) is 5.41 Å². The first kappa shape index (κ1) is 10.6. The predicted molar refractivity (Wildman–Crippen MR) is 59.7 cm³/mol. The first-order valence-electron chi connectivity index (χ1n) is 4.88. The van der Waals surface area contributed by atoms with Crippen molar-refractivity contribution in [1.82, 2.24) is 4.98 Å². The van der Waals surface area contributed by atoms with E-state index in [4.69, 9.17) is 5.11 Å². The minimum Gasteiger partial charge on any atom is -0.481 e. The van der Waals surface area contributed by atoms with Crippen LogP contribution in [0.25, 0.3) is 0 Å². The molecule has 15 heavy (non-hydrogen) atoms. The zero-order valence-corrected chi connectivity index (χ0v) is 10.0. The molecule has 80 valence electrons. The highest BCUT2D eigenvalue weighted by molar-refractivity contribution is 9.10. The fourth-order valence-electron chi connectivity index (χ4n) is 1.71. The summed E-state index contributed by atoms with van der Waals surface area (Å²) in [6, 6.07) is 1.96. The van der Waals surface area contributed by atoms with Crippen molar-refractivity contribution >= 4 is 21.9 Å². The van der Waals surface area contributed by atoms with Crippen LogP contribution < -0.4 is 0 Å². The summed E-state index contributed by atoms with van der Waals surface area (Å²) in [6.45, 7) is 1.92. The fraction of sp³-hybridized carbons (Fsp3) is 0.455. The summed E-state index contributed by atoms with van der Waals surface area (Å²) in [5.41, 5.74) is 1.45. The van der Waals surface area contributed by atoms with Crippen LogP contribution in [0.4, 0.5) is 0 Å². The molecule has 0 amide bonds. The van der Waals surface area contributed by atoms with Gasteiger partial charge in [0.2, 0.25) is 0 Å². The van der Waals surface area contributed by atoms with E-state index in [1.54, 1.807) is 6.20 Å². The Morgan fingerprint density at radius 2 is 2.33 bits per heavy atom. The molecule has 1 saturated carbocycles. The Morgan fingerprint density at radius 1 is 1.67 bits per heavy atom. The predicted octanol–water partition coefficient (Wildman–Crippen LogP) is 2.56. The van der Waals surface area contributed by atoms with Crippen LogP contribution in [-0.4, -0.2) is 16.1 Å². The topological polar surface area (TPSA) is 50.2 Å². The van der Waals surface area contributed by atoms with Crippen LogP contribution >= 0.6 is 15.9 Å². The van der Waals surface area contributed by atoms with Crippen molar-refractivity contribution in [2.75, 3.05) is 0 Å². The highest BCUT2D eigenvalue weighted by Crippen LogP contribution is 2.48. The standard InChI is InChI=1S/C11H12BrNO2/c1-7-8(4-9(12)6-13-7)5-11(2-3-11)10(14)15/h4,6H,2-3,5H2,1H3,(H,14,15). The number of aryl methyl sites for hydroxylation is 1. The summed E-state index contributed by atoms with van der Waals surface area (Å²) in [7, 11) is 0. The number of pyridine rings is 1. The van der Waals surface area contributed by atoms with Crippen molar-refractivity contribution < 1.29 is 9.90 Å². The number of carboxylic acids is 1. The summed E-state index contributed by atoms with van der Waals surface area (Å²) in [4.78, 5) is 15.3. The van der Waals surface area contributed by atoms with Gasteiger partial charge in [-0.1, -0.05) is 0 Å². The molecule has 1 aromatic rings. The van der Waals surface area contributed by atoms with Crippen molar-refractivity contribution in [3.8, 4) is 0 Å². The van der Waals surface area contributed by atoms with Gasteiger partial charge in [0, 0.05) is 16.4 Å². The lowest BCUT2D eigenvalue weighted by Gasteiger charge is -2.11. The van der Waals surface area contributed by atoms with Crippen LogP contribution in [-0.2, 0) is 11.2 Å². The lowest BCUT2D eigenvalue weighted by Crippen LogP contribution is -2.18. The molecule has 1 N–H and O–H groups in total. The smallest absolute Gasteiger partial charge is 0.309 e. The molecule has 0 spiro atoms. The van der Waals surface area contributed by atoms with E-state index in [1.165, 1.54) is 0 Å². The summed E-state index contributed by atoms with van der Waals surface area (Å²) in [5, 5.41) is 9.09. The van der Waals surface area contributed by atoms with Crippen LogP contribution in [0.5, 0.6) is 0 Å². The second-order valence-electron chi connectivity index (χ2n) is 4.16. The van der Waals surface area contributed by atoms with E-state index < -0.39 is 11.4 Å². The monoisotopic (exact) mass is 269 g/mol. The van der Waals surface area contributed by atoms with Gasteiger partial charge in [-0.15, -0.1) is 0 Å². The van der Waals surface area contributed by atoms with E-state index in [0.29, 0.717) is 6.42 Å². The SMILES string of the molecule is Cc1ncc(Br)cc1CC1(C(=O)O)CC1. The van der Waals surface area contributed by atoms with Crippen LogP contribution in [0, 0.1) is 12.3 Å². The molecule has 0 radical (unpaired) electrons. The second-order valence-corrected chi connectivity index (χ2v) is 5.08. The molecule has 0 aromatic carbocycles. The van der Waals surface area contributed by atoms with Gasteiger partial charge in [0.1, 0.15) is 0 Å². The number of aromatic nitrogens is 1. The van der Waals surface area contributed by atoms with Gasteiger partial charge in [-0.3, -0.25) is 9.78 Å². The molecule has 0 bridgehead atoms. The van der Waals surface area contributed by atoms with E-state index in [0.717, 1.165) is 28.6 Å². The average molecular weight is 270 g/mol. The minimum absolute atomic E-state index is 0.507. The van der Waals surface area contributed by atoms with Gasteiger partial charge in [-0.25, -0.2) is 0 Å². The Labute approximate surface area is 96.7 Å². The van der Waals surface area contributed by atoms with Gasteiger partial charge in [-0.05, 0) is 53.7 Å². The van der Waals surface area contributed by atoms with Crippen molar-refractivity contribution in [2.24, 2.45) is 5.41 Å². The normalized spacial score (nSPS) is 17.5. The third kappa shape index (κ3) is 2.04. The molecular weight excluding hydrogens is 258 g/mol. The molecule has 3 nitrogen and oxygen atoms in total. The molecular formula is C11H12BrNO2. The van der Waals surface area contributed by atoms with Crippen molar-refractivity contribution in [2.45, 2.75) is 26.2 Å². The van der Waals surface area contributed by atoms with Crippen LogP contribution in [0.15, 0.2) is 16.7 Å². The molecule has 1 fully saturated rings. The zero-order chi connectivity index (χ0) is 11.1. The largest absolute Gasteiger partial charge is 0.481 e. The molecule has 0 atom stereocenters. The van der Waals surface area contributed by atoms with E-state index >= 15 is 0 Å². The third-order valence-electron chi connectivity index (χ3n) is 2.99. The molecule has 4 heteroatoms. The maximum atomic E-state index is 11.1. The van der Waals surface area contributed by atoms with E-state index in [1.807, 2.05) is 13.0 Å². The zero-order valence-electron chi connectivity index (χ0n) is 8.46. The molecule has 0 aliphatic heterocycles. The van der Waals surface area contributed by atoms with Crippen LogP contribution in [0.2, 0.25) is 0 Å². The van der Waals surface area contributed by atoms with Crippen LogP contribution in [0.3, 0.4) is 0 Å². The summed E-state index contributed by atoms with van der Waals surface area (Å²) >= 11 is 3.35. The van der Waals surface area contributed by atoms with Gasteiger partial charge < -0.3 is 5.11 Å². The summed E-state index contributed by atoms with van der Waals surface area (Å²) in [6.07, 6.45) is 3.91. The Balaban J connectivity index is 2.24. The van der Waals surface area contributed by atoms with E-state index in [2.05, 4.69) is 20.9 Å². The molecule has 2 rings (SSSR count). The molecule has 1 aromatic heterocycles. The highest BCUT2D eigenvalue weighted by Gasteiger charge is 2.50. The molecule has 0 unspecified atom stereocenters. The quantitative estimate of drug-likeness (QED) is 0.918. The van der Waals surface area contributed by atoms with Crippen molar-refractivity contribution in [3.63, 3.8) is 0 Å². The molecule has 0 saturated heterocycles. The highest BCUT2D eigenvalue weighted by atomic mass is 79.9.